The lowest BCUT2D eigenvalue weighted by molar-refractivity contribution is 0.292. The first kappa shape index (κ1) is 21.6. The highest BCUT2D eigenvalue weighted by Gasteiger charge is 2.35. The molecule has 0 aromatic heterocycles. The summed E-state index contributed by atoms with van der Waals surface area (Å²) in [4.78, 5) is 0. The lowest BCUT2D eigenvalue weighted by Crippen LogP contribution is -2.45. The number of hydrogen-bond donors (Lipinski definition) is 2. The zero-order chi connectivity index (χ0) is 19.3. The molecule has 2 rings (SSSR count). The molecule has 1 saturated heterocycles. The molecule has 4 nitrogen and oxygen atoms in total. The van der Waals surface area contributed by atoms with Gasteiger partial charge in [0.05, 0.1) is 6.04 Å². The number of piperidine rings is 1. The molecule has 26 heavy (non-hydrogen) atoms. The highest BCUT2D eigenvalue weighted by molar-refractivity contribution is 7.90. The Morgan fingerprint density at radius 2 is 2.08 bits per heavy atom. The second-order valence-electron chi connectivity index (χ2n) is 7.80. The van der Waals surface area contributed by atoms with E-state index in [1.165, 1.54) is 0 Å². The number of ether oxygens (including phenoxy) is 1. The molecule has 0 aliphatic carbocycles. The molecule has 1 aromatic rings. The van der Waals surface area contributed by atoms with E-state index in [0.717, 1.165) is 42.8 Å². The number of halogens is 1. The fraction of sp³-hybridized carbons (Fsp3) is 0.600. The second kappa shape index (κ2) is 9.47. The molecule has 0 radical (unpaired) electrons. The Morgan fingerprint density at radius 3 is 2.65 bits per heavy atom. The number of benzene rings is 1. The topological polar surface area (TPSA) is 56.3 Å². The van der Waals surface area contributed by atoms with Gasteiger partial charge in [0.2, 0.25) is 0 Å². The Morgan fingerprint density at radius 1 is 1.42 bits per heavy atom. The highest BCUT2D eigenvalue weighted by Crippen LogP contribution is 2.38. The van der Waals surface area contributed by atoms with Crippen LogP contribution in [0.1, 0.15) is 50.8 Å². The van der Waals surface area contributed by atoms with Crippen molar-refractivity contribution >= 4 is 23.0 Å². The maximum atomic E-state index is 12.9. The number of nitrogens with one attached hydrogen (secondary N) is 2. The summed E-state index contributed by atoms with van der Waals surface area (Å²) in [6.07, 6.45) is 3.78. The summed E-state index contributed by atoms with van der Waals surface area (Å²) in [6, 6.07) is 3.89. The molecule has 0 bridgehead atoms. The molecule has 1 aromatic carbocycles. The molecule has 146 valence electrons. The van der Waals surface area contributed by atoms with E-state index in [2.05, 4.69) is 22.7 Å². The molecule has 2 atom stereocenters. The van der Waals surface area contributed by atoms with E-state index in [0.29, 0.717) is 17.5 Å². The van der Waals surface area contributed by atoms with Crippen molar-refractivity contribution in [3.8, 4) is 5.75 Å². The quantitative estimate of drug-likeness (QED) is 0.531. The largest absolute Gasteiger partial charge is 0.598 e. The predicted octanol–water partition coefficient (Wildman–Crippen LogP) is 4.31. The van der Waals surface area contributed by atoms with Gasteiger partial charge in [-0.05, 0) is 77.2 Å². The molecule has 6 heteroatoms. The molecule has 1 aliphatic heterocycles. The summed E-state index contributed by atoms with van der Waals surface area (Å²) < 4.78 is 21.8. The first-order chi connectivity index (χ1) is 12.2. The van der Waals surface area contributed by atoms with Gasteiger partial charge in [0.1, 0.15) is 17.1 Å². The monoisotopic (exact) mass is 398 g/mol. The third-order valence-corrected chi connectivity index (χ3v) is 6.62. The lowest BCUT2D eigenvalue weighted by Gasteiger charge is -2.35. The van der Waals surface area contributed by atoms with E-state index in [9.17, 15) is 4.55 Å². The van der Waals surface area contributed by atoms with E-state index < -0.39 is 11.4 Å². The molecule has 2 N–H and O–H groups in total. The van der Waals surface area contributed by atoms with Crippen molar-refractivity contribution < 1.29 is 9.29 Å². The SMILES string of the molecule is C=CCOc1cc(Cl)c(C)cc1C(N[S@@+]([O-])C(C)(C)C)C1CCNCC1. The number of hydrogen-bond acceptors (Lipinski definition) is 4. The van der Waals surface area contributed by atoms with Crippen LogP contribution in [-0.4, -0.2) is 29.0 Å². The van der Waals surface area contributed by atoms with Crippen molar-refractivity contribution in [1.29, 1.82) is 0 Å². The Labute approximate surface area is 166 Å². The third kappa shape index (κ3) is 5.64. The van der Waals surface area contributed by atoms with Gasteiger partial charge < -0.3 is 14.6 Å². The summed E-state index contributed by atoms with van der Waals surface area (Å²) in [5, 5.41) is 4.08. The normalized spacial score (nSPS) is 18.4. The highest BCUT2D eigenvalue weighted by atomic mass is 35.5. The van der Waals surface area contributed by atoms with Crippen LogP contribution in [0.25, 0.3) is 0 Å². The molecule has 0 amide bonds. The molecule has 1 fully saturated rings. The first-order valence-corrected chi connectivity index (χ1v) is 10.7. The summed E-state index contributed by atoms with van der Waals surface area (Å²) in [5.41, 5.74) is 2.02. The van der Waals surface area contributed by atoms with Gasteiger partial charge in [0.15, 0.2) is 0 Å². The fourth-order valence-corrected chi connectivity index (χ4v) is 4.14. The fourth-order valence-electron chi connectivity index (χ4n) is 3.09. The van der Waals surface area contributed by atoms with Gasteiger partial charge in [-0.25, -0.2) is 0 Å². The van der Waals surface area contributed by atoms with Gasteiger partial charge in [-0.15, -0.1) is 4.72 Å². The maximum absolute atomic E-state index is 12.9. The number of aryl methyl sites for hydroxylation is 1. The van der Waals surface area contributed by atoms with E-state index in [-0.39, 0.29) is 10.8 Å². The van der Waals surface area contributed by atoms with E-state index in [4.69, 9.17) is 16.3 Å². The summed E-state index contributed by atoms with van der Waals surface area (Å²) in [6.45, 7) is 14.0. The molecule has 1 aliphatic rings. The minimum Gasteiger partial charge on any atom is -0.598 e. The Hall–Kier alpha value is -0.720. The van der Waals surface area contributed by atoms with Gasteiger partial charge in [0, 0.05) is 21.9 Å². The smallest absolute Gasteiger partial charge is 0.136 e. The van der Waals surface area contributed by atoms with Crippen molar-refractivity contribution in [3.63, 3.8) is 0 Å². The third-order valence-electron chi connectivity index (χ3n) is 4.63. The Balaban J connectivity index is 2.42. The van der Waals surface area contributed by atoms with Crippen LogP contribution >= 0.6 is 11.6 Å². The Bertz CT molecular complexity index is 613. The van der Waals surface area contributed by atoms with Crippen molar-refractivity contribution in [3.05, 3.63) is 40.9 Å². The molecule has 0 spiro atoms. The van der Waals surface area contributed by atoms with Crippen LogP contribution in [0.5, 0.6) is 5.75 Å². The van der Waals surface area contributed by atoms with Crippen LogP contribution in [0.3, 0.4) is 0 Å². The molecule has 1 heterocycles. The average Bonchev–Trinajstić information content (AvgIpc) is 2.60. The van der Waals surface area contributed by atoms with Gasteiger partial charge in [-0.1, -0.05) is 24.3 Å². The minimum absolute atomic E-state index is 0.0482. The van der Waals surface area contributed by atoms with Crippen molar-refractivity contribution in [2.75, 3.05) is 19.7 Å². The zero-order valence-electron chi connectivity index (χ0n) is 16.2. The predicted molar refractivity (Wildman–Crippen MR) is 111 cm³/mol. The lowest BCUT2D eigenvalue weighted by atomic mass is 9.85. The maximum Gasteiger partial charge on any atom is 0.136 e. The molecular weight excluding hydrogens is 368 g/mol. The van der Waals surface area contributed by atoms with Gasteiger partial charge >= 0.3 is 0 Å². The van der Waals surface area contributed by atoms with E-state index >= 15 is 0 Å². The van der Waals surface area contributed by atoms with Gasteiger partial charge in [-0.2, -0.15) is 0 Å². The van der Waals surface area contributed by atoms with Crippen LogP contribution in [0.15, 0.2) is 24.8 Å². The van der Waals surface area contributed by atoms with Crippen LogP contribution in [-0.2, 0) is 11.4 Å². The molecular formula is C20H31ClN2O2S. The summed E-state index contributed by atoms with van der Waals surface area (Å²) in [5.74, 6) is 1.12. The molecule has 0 saturated carbocycles. The first-order valence-electron chi connectivity index (χ1n) is 9.16. The van der Waals surface area contributed by atoms with E-state index in [1.54, 1.807) is 6.08 Å². The summed E-state index contributed by atoms with van der Waals surface area (Å²) >= 11 is 5.16. The van der Waals surface area contributed by atoms with Crippen LogP contribution in [0.4, 0.5) is 0 Å². The summed E-state index contributed by atoms with van der Waals surface area (Å²) in [7, 11) is 0. The van der Waals surface area contributed by atoms with Crippen LogP contribution in [0, 0.1) is 12.8 Å². The van der Waals surface area contributed by atoms with Crippen LogP contribution < -0.4 is 14.8 Å². The van der Waals surface area contributed by atoms with Crippen molar-refractivity contribution in [2.24, 2.45) is 5.92 Å². The van der Waals surface area contributed by atoms with Crippen molar-refractivity contribution in [1.82, 2.24) is 10.0 Å². The standard InChI is InChI=1S/C20H31ClN2O2S/c1-6-11-25-18-13-17(21)14(2)12-16(18)19(15-7-9-22-10-8-15)23-26(24)20(3,4)5/h6,12-13,15,19,22-23H,1,7-11H2,2-5H3/t19?,26-/m0/s1. The number of rotatable bonds is 7. The van der Waals surface area contributed by atoms with Crippen molar-refractivity contribution in [2.45, 2.75) is 51.3 Å². The minimum atomic E-state index is -1.17. The average molecular weight is 399 g/mol. The van der Waals surface area contributed by atoms with Gasteiger partial charge in [0.25, 0.3) is 0 Å². The zero-order valence-corrected chi connectivity index (χ0v) is 17.8. The van der Waals surface area contributed by atoms with Gasteiger partial charge in [-0.3, -0.25) is 0 Å². The van der Waals surface area contributed by atoms with Crippen LogP contribution in [0.2, 0.25) is 5.02 Å². The Kier molecular flexibility index (Phi) is 7.86. The second-order valence-corrected chi connectivity index (χ2v) is 10.2. The molecule has 1 unspecified atom stereocenters. The van der Waals surface area contributed by atoms with E-state index in [1.807, 2.05) is 33.8 Å².